The Balaban J connectivity index is 1.59. The average Bonchev–Trinajstić information content (AvgIpc) is 3.65. The van der Waals surface area contributed by atoms with Crippen molar-refractivity contribution in [1.82, 2.24) is 20.5 Å². The fourth-order valence-corrected chi connectivity index (χ4v) is 5.46. The molecule has 4 unspecified atom stereocenters. The van der Waals surface area contributed by atoms with Gasteiger partial charge in [0.15, 0.2) is 0 Å². The Morgan fingerprint density at radius 3 is 2.40 bits per heavy atom. The molecule has 3 amide bonds. The highest BCUT2D eigenvalue weighted by atomic mass is 16.4. The van der Waals surface area contributed by atoms with Crippen LogP contribution in [0.5, 0.6) is 0 Å². The Hall–Kier alpha value is -4.22. The normalized spacial score (nSPS) is 17.0. The Kier molecular flexibility index (Phi) is 10.7. The SMILES string of the molecule is NCCCCC(N)C(=O)NC(Cc1ccccc1)C(=O)NC(Cc1c[nH]c2ccccc12)C(=O)N1CCCC1C(=O)O. The zero-order valence-corrected chi connectivity index (χ0v) is 23.6. The molecule has 1 aromatic heterocycles. The molecular weight excluding hydrogens is 536 g/mol. The van der Waals surface area contributed by atoms with Crippen molar-refractivity contribution >= 4 is 34.6 Å². The van der Waals surface area contributed by atoms with Crippen LogP contribution in [0.25, 0.3) is 10.9 Å². The molecule has 2 aromatic carbocycles. The first-order valence-electron chi connectivity index (χ1n) is 14.5. The summed E-state index contributed by atoms with van der Waals surface area (Å²) < 4.78 is 0. The molecule has 1 saturated heterocycles. The van der Waals surface area contributed by atoms with E-state index >= 15 is 0 Å². The number of aromatic amines is 1. The van der Waals surface area contributed by atoms with Crippen LogP contribution in [0.2, 0.25) is 0 Å². The van der Waals surface area contributed by atoms with Crippen LogP contribution < -0.4 is 22.1 Å². The number of hydrogen-bond donors (Lipinski definition) is 6. The van der Waals surface area contributed by atoms with Gasteiger partial charge in [-0.25, -0.2) is 4.79 Å². The van der Waals surface area contributed by atoms with Gasteiger partial charge >= 0.3 is 5.97 Å². The second kappa shape index (κ2) is 14.6. The molecule has 0 radical (unpaired) electrons. The van der Waals surface area contributed by atoms with Crippen molar-refractivity contribution in [3.05, 3.63) is 71.9 Å². The van der Waals surface area contributed by atoms with Crippen molar-refractivity contribution < 1.29 is 24.3 Å². The Morgan fingerprint density at radius 2 is 1.67 bits per heavy atom. The third-order valence-electron chi connectivity index (χ3n) is 7.76. The number of rotatable bonds is 14. The van der Waals surface area contributed by atoms with Crippen molar-refractivity contribution in [1.29, 1.82) is 0 Å². The van der Waals surface area contributed by atoms with Crippen LogP contribution >= 0.6 is 0 Å². The quantitative estimate of drug-likeness (QED) is 0.157. The number of carbonyl (C=O) groups excluding carboxylic acids is 3. The van der Waals surface area contributed by atoms with E-state index in [1.165, 1.54) is 4.90 Å². The highest BCUT2D eigenvalue weighted by Crippen LogP contribution is 2.23. The molecule has 11 nitrogen and oxygen atoms in total. The van der Waals surface area contributed by atoms with Crippen molar-refractivity contribution in [3.8, 4) is 0 Å². The summed E-state index contributed by atoms with van der Waals surface area (Å²) in [4.78, 5) is 57.1. The van der Waals surface area contributed by atoms with Crippen LogP contribution in [0.15, 0.2) is 60.8 Å². The van der Waals surface area contributed by atoms with Crippen molar-refractivity contribution in [2.45, 2.75) is 69.1 Å². The lowest BCUT2D eigenvalue weighted by Crippen LogP contribution is -2.58. The first-order valence-corrected chi connectivity index (χ1v) is 14.5. The lowest BCUT2D eigenvalue weighted by atomic mass is 10.0. The summed E-state index contributed by atoms with van der Waals surface area (Å²) in [7, 11) is 0. The number of carboxylic acid groups (broad SMARTS) is 1. The highest BCUT2D eigenvalue weighted by Gasteiger charge is 2.38. The van der Waals surface area contributed by atoms with E-state index in [0.717, 1.165) is 28.5 Å². The molecule has 0 saturated carbocycles. The number of nitrogens with two attached hydrogens (primary N) is 2. The molecule has 0 spiro atoms. The summed E-state index contributed by atoms with van der Waals surface area (Å²) in [5.41, 5.74) is 14.2. The second-order valence-corrected chi connectivity index (χ2v) is 10.8. The van der Waals surface area contributed by atoms with Gasteiger partial charge in [-0.2, -0.15) is 0 Å². The first-order chi connectivity index (χ1) is 20.3. The van der Waals surface area contributed by atoms with Crippen LogP contribution in [-0.2, 0) is 32.0 Å². The molecule has 2 heterocycles. The van der Waals surface area contributed by atoms with E-state index in [-0.39, 0.29) is 19.4 Å². The predicted molar refractivity (Wildman–Crippen MR) is 159 cm³/mol. The third kappa shape index (κ3) is 7.74. The second-order valence-electron chi connectivity index (χ2n) is 10.8. The molecule has 4 rings (SSSR count). The van der Waals surface area contributed by atoms with Crippen molar-refractivity contribution in [3.63, 3.8) is 0 Å². The summed E-state index contributed by atoms with van der Waals surface area (Å²) in [6.07, 6.45) is 4.87. The van der Waals surface area contributed by atoms with Gasteiger partial charge < -0.3 is 37.1 Å². The standard InChI is InChI=1S/C31H40N6O5/c32-15-7-6-12-23(33)28(38)35-25(17-20-9-2-1-3-10-20)29(39)36-26(30(40)37-16-8-14-27(37)31(41)42)18-21-19-34-24-13-5-4-11-22(21)24/h1-5,9-11,13,19,23,25-27,34H,6-8,12,14-18,32-33H2,(H,35,38)(H,36,39)(H,41,42). The van der Waals surface area contributed by atoms with Gasteiger partial charge in [0, 0.05) is 36.5 Å². The van der Waals surface area contributed by atoms with Gasteiger partial charge in [0.1, 0.15) is 18.1 Å². The van der Waals surface area contributed by atoms with E-state index in [2.05, 4.69) is 15.6 Å². The number of likely N-dealkylation sites (tertiary alicyclic amines) is 1. The number of aliphatic carboxylic acids is 1. The molecule has 1 aliphatic rings. The van der Waals surface area contributed by atoms with Crippen LogP contribution in [0.3, 0.4) is 0 Å². The molecule has 0 aliphatic carbocycles. The summed E-state index contributed by atoms with van der Waals surface area (Å²) in [6, 6.07) is 13.0. The predicted octanol–water partition coefficient (Wildman–Crippen LogP) is 1.45. The van der Waals surface area contributed by atoms with Gasteiger partial charge in [0.05, 0.1) is 6.04 Å². The summed E-state index contributed by atoms with van der Waals surface area (Å²) >= 11 is 0. The number of amides is 3. The molecule has 3 aromatic rings. The molecule has 0 bridgehead atoms. The number of benzene rings is 2. The minimum Gasteiger partial charge on any atom is -0.480 e. The van der Waals surface area contributed by atoms with E-state index in [4.69, 9.17) is 11.5 Å². The number of carboxylic acids is 1. The van der Waals surface area contributed by atoms with E-state index in [1.54, 1.807) is 6.20 Å². The number of hydrogen-bond acceptors (Lipinski definition) is 6. The molecule has 4 atom stereocenters. The van der Waals surface area contributed by atoms with E-state index in [9.17, 15) is 24.3 Å². The van der Waals surface area contributed by atoms with E-state index in [0.29, 0.717) is 32.2 Å². The number of nitrogens with zero attached hydrogens (tertiary/aromatic N) is 1. The lowest BCUT2D eigenvalue weighted by molar-refractivity contribution is -0.149. The van der Waals surface area contributed by atoms with E-state index in [1.807, 2.05) is 54.6 Å². The number of nitrogens with one attached hydrogen (secondary N) is 3. The third-order valence-corrected chi connectivity index (χ3v) is 7.76. The summed E-state index contributed by atoms with van der Waals surface area (Å²) in [6.45, 7) is 0.789. The first kappa shape index (κ1) is 30.7. The van der Waals surface area contributed by atoms with Gasteiger partial charge in [-0.3, -0.25) is 14.4 Å². The van der Waals surface area contributed by atoms with Crippen molar-refractivity contribution in [2.24, 2.45) is 11.5 Å². The molecule has 11 heteroatoms. The molecule has 224 valence electrons. The number of fused-ring (bicyclic) bond motifs is 1. The number of H-pyrrole nitrogens is 1. The van der Waals surface area contributed by atoms with Gasteiger partial charge in [-0.1, -0.05) is 55.0 Å². The highest BCUT2D eigenvalue weighted by molar-refractivity contribution is 5.95. The number of aromatic nitrogens is 1. The fourth-order valence-electron chi connectivity index (χ4n) is 5.46. The molecule has 1 fully saturated rings. The number of para-hydroxylation sites is 1. The van der Waals surface area contributed by atoms with Gasteiger partial charge in [0.2, 0.25) is 17.7 Å². The monoisotopic (exact) mass is 576 g/mol. The Morgan fingerprint density at radius 1 is 0.952 bits per heavy atom. The minimum absolute atomic E-state index is 0.141. The van der Waals surface area contributed by atoms with Gasteiger partial charge in [-0.05, 0) is 49.4 Å². The zero-order chi connectivity index (χ0) is 30.1. The average molecular weight is 577 g/mol. The lowest BCUT2D eigenvalue weighted by Gasteiger charge is -2.29. The Labute approximate surface area is 245 Å². The molecule has 1 aliphatic heterocycles. The van der Waals surface area contributed by atoms with Gasteiger partial charge in [-0.15, -0.1) is 0 Å². The maximum Gasteiger partial charge on any atom is 0.326 e. The zero-order valence-electron chi connectivity index (χ0n) is 23.6. The van der Waals surface area contributed by atoms with Crippen LogP contribution in [-0.4, -0.2) is 75.9 Å². The summed E-state index contributed by atoms with van der Waals surface area (Å²) in [5, 5.41) is 16.3. The van der Waals surface area contributed by atoms with Crippen LogP contribution in [0.4, 0.5) is 0 Å². The number of carbonyl (C=O) groups is 4. The molecule has 8 N–H and O–H groups in total. The van der Waals surface area contributed by atoms with E-state index < -0.39 is 47.9 Å². The smallest absolute Gasteiger partial charge is 0.326 e. The topological polar surface area (TPSA) is 184 Å². The fraction of sp³-hybridized carbons (Fsp3) is 0.419. The summed E-state index contributed by atoms with van der Waals surface area (Å²) in [5.74, 6) is -2.56. The Bertz CT molecular complexity index is 1380. The van der Waals surface area contributed by atoms with Gasteiger partial charge in [0.25, 0.3) is 0 Å². The van der Waals surface area contributed by atoms with Crippen LogP contribution in [0.1, 0.15) is 43.2 Å². The number of unbranched alkanes of at least 4 members (excludes halogenated alkanes) is 1. The maximum absolute atomic E-state index is 13.8. The van der Waals surface area contributed by atoms with Crippen LogP contribution in [0, 0.1) is 0 Å². The molecular formula is C31H40N6O5. The molecule has 42 heavy (non-hydrogen) atoms. The van der Waals surface area contributed by atoms with Crippen molar-refractivity contribution in [2.75, 3.05) is 13.1 Å². The minimum atomic E-state index is -1.07. The largest absolute Gasteiger partial charge is 0.480 e. The maximum atomic E-state index is 13.8.